The van der Waals surface area contributed by atoms with Crippen molar-refractivity contribution in [3.8, 4) is 0 Å². The van der Waals surface area contributed by atoms with Gasteiger partial charge in [-0.15, -0.1) is 0 Å². The normalized spacial score (nSPS) is 15.1. The molecule has 0 radical (unpaired) electrons. The van der Waals surface area contributed by atoms with Crippen molar-refractivity contribution in [2.24, 2.45) is 0 Å². The van der Waals surface area contributed by atoms with E-state index in [2.05, 4.69) is 10.6 Å². The van der Waals surface area contributed by atoms with E-state index >= 15 is 0 Å². The highest BCUT2D eigenvalue weighted by molar-refractivity contribution is 7.80. The molecule has 21 heavy (non-hydrogen) atoms. The topological polar surface area (TPSA) is 33.3 Å². The summed E-state index contributed by atoms with van der Waals surface area (Å²) in [7, 11) is 0. The zero-order valence-electron chi connectivity index (χ0n) is 12.5. The van der Waals surface area contributed by atoms with Gasteiger partial charge in [-0.1, -0.05) is 30.5 Å². The Bertz CT molecular complexity index is 475. The van der Waals surface area contributed by atoms with Gasteiger partial charge >= 0.3 is 0 Å². The molecule has 0 spiro atoms. The fraction of sp³-hybridized carbons (Fsp3) is 0.562. The molecule has 0 saturated heterocycles. The van der Waals surface area contributed by atoms with E-state index in [9.17, 15) is 0 Å². The van der Waals surface area contributed by atoms with Gasteiger partial charge in [0.05, 0.1) is 6.10 Å². The van der Waals surface area contributed by atoms with Crippen LogP contribution >= 0.6 is 23.8 Å². The molecule has 3 nitrogen and oxygen atoms in total. The number of nitrogens with one attached hydrogen (secondary N) is 2. The third-order valence-corrected chi connectivity index (χ3v) is 4.35. The van der Waals surface area contributed by atoms with Crippen molar-refractivity contribution >= 4 is 34.6 Å². The van der Waals surface area contributed by atoms with Crippen molar-refractivity contribution in [3.63, 3.8) is 0 Å². The van der Waals surface area contributed by atoms with E-state index < -0.39 is 0 Å². The van der Waals surface area contributed by atoms with Crippen LogP contribution in [0.5, 0.6) is 0 Å². The molecule has 0 aromatic heterocycles. The first-order valence-corrected chi connectivity index (χ1v) is 8.36. The van der Waals surface area contributed by atoms with E-state index in [1.54, 1.807) is 0 Å². The van der Waals surface area contributed by atoms with Crippen LogP contribution in [0.15, 0.2) is 18.2 Å². The number of thiocarbonyl (C=S) groups is 1. The molecular formula is C16H23ClN2OS. The minimum absolute atomic E-state index is 0.491. The van der Waals surface area contributed by atoms with E-state index in [-0.39, 0.29) is 0 Å². The van der Waals surface area contributed by atoms with Crippen molar-refractivity contribution in [1.29, 1.82) is 0 Å². The van der Waals surface area contributed by atoms with Crippen molar-refractivity contribution in [2.45, 2.75) is 45.1 Å². The highest BCUT2D eigenvalue weighted by Crippen LogP contribution is 2.21. The summed E-state index contributed by atoms with van der Waals surface area (Å²) in [4.78, 5) is 0. The van der Waals surface area contributed by atoms with Gasteiger partial charge in [0.25, 0.3) is 0 Å². The van der Waals surface area contributed by atoms with Crippen LogP contribution in [-0.4, -0.2) is 24.4 Å². The van der Waals surface area contributed by atoms with Crippen molar-refractivity contribution in [2.75, 3.05) is 18.5 Å². The van der Waals surface area contributed by atoms with Crippen LogP contribution in [0.2, 0.25) is 5.02 Å². The molecule has 0 bridgehead atoms. The smallest absolute Gasteiger partial charge is 0.170 e. The molecule has 0 atom stereocenters. The summed E-state index contributed by atoms with van der Waals surface area (Å²) < 4.78 is 5.81. The molecule has 0 aliphatic heterocycles. The quantitative estimate of drug-likeness (QED) is 0.603. The van der Waals surface area contributed by atoms with Crippen LogP contribution in [0.4, 0.5) is 5.69 Å². The van der Waals surface area contributed by atoms with Crippen LogP contribution in [0.1, 0.15) is 37.7 Å². The van der Waals surface area contributed by atoms with E-state index in [1.165, 1.54) is 25.7 Å². The summed E-state index contributed by atoms with van der Waals surface area (Å²) in [5.74, 6) is 0. The minimum atomic E-state index is 0.491. The van der Waals surface area contributed by atoms with E-state index in [1.807, 2.05) is 25.1 Å². The van der Waals surface area contributed by atoms with Gasteiger partial charge in [0.2, 0.25) is 0 Å². The number of aryl methyl sites for hydroxylation is 1. The highest BCUT2D eigenvalue weighted by atomic mass is 35.5. The molecule has 0 unspecified atom stereocenters. The van der Waals surface area contributed by atoms with E-state index in [4.69, 9.17) is 28.6 Å². The van der Waals surface area contributed by atoms with Crippen molar-refractivity contribution in [1.82, 2.24) is 5.32 Å². The minimum Gasteiger partial charge on any atom is -0.378 e. The lowest BCUT2D eigenvalue weighted by Crippen LogP contribution is -2.30. The summed E-state index contributed by atoms with van der Waals surface area (Å²) in [6.45, 7) is 3.60. The standard InChI is InChI=1S/C16H23ClN2OS/c1-12-7-8-13(11-15(12)17)19-16(21)18-9-4-10-20-14-5-2-3-6-14/h7-8,11,14H,2-6,9-10H2,1H3,(H2,18,19,21). The lowest BCUT2D eigenvalue weighted by molar-refractivity contribution is 0.0574. The fourth-order valence-corrected chi connectivity index (χ4v) is 2.83. The molecule has 116 valence electrons. The van der Waals surface area contributed by atoms with Crippen LogP contribution in [-0.2, 0) is 4.74 Å². The second kappa shape index (κ2) is 8.57. The summed E-state index contributed by atoms with van der Waals surface area (Å²) in [6.07, 6.45) is 6.53. The Morgan fingerprint density at radius 3 is 2.86 bits per heavy atom. The van der Waals surface area contributed by atoms with Crippen LogP contribution in [0, 0.1) is 6.92 Å². The fourth-order valence-electron chi connectivity index (χ4n) is 2.43. The number of halogens is 1. The third-order valence-electron chi connectivity index (χ3n) is 3.69. The molecule has 2 N–H and O–H groups in total. The number of hydrogen-bond acceptors (Lipinski definition) is 2. The van der Waals surface area contributed by atoms with Crippen molar-refractivity contribution < 1.29 is 4.74 Å². The number of benzene rings is 1. The van der Waals surface area contributed by atoms with Crippen molar-refractivity contribution in [3.05, 3.63) is 28.8 Å². The summed E-state index contributed by atoms with van der Waals surface area (Å²) in [5.41, 5.74) is 1.97. The molecule has 5 heteroatoms. The van der Waals surface area contributed by atoms with Crippen LogP contribution < -0.4 is 10.6 Å². The molecule has 1 aromatic carbocycles. The first kappa shape index (κ1) is 16.5. The highest BCUT2D eigenvalue weighted by Gasteiger charge is 2.14. The molecule has 1 aliphatic rings. The molecule has 1 fully saturated rings. The third kappa shape index (κ3) is 5.81. The number of rotatable bonds is 6. The van der Waals surface area contributed by atoms with Gasteiger partial charge in [0.15, 0.2) is 5.11 Å². The molecule has 2 rings (SSSR count). The molecule has 0 amide bonds. The second-order valence-corrected chi connectivity index (χ2v) is 6.29. The summed E-state index contributed by atoms with van der Waals surface area (Å²) in [5, 5.41) is 7.69. The van der Waals surface area contributed by atoms with E-state index in [0.29, 0.717) is 11.2 Å². The van der Waals surface area contributed by atoms with Gasteiger partial charge in [-0.3, -0.25) is 0 Å². The van der Waals surface area contributed by atoms with Crippen LogP contribution in [0.3, 0.4) is 0 Å². The first-order valence-electron chi connectivity index (χ1n) is 7.58. The lowest BCUT2D eigenvalue weighted by Gasteiger charge is -2.13. The van der Waals surface area contributed by atoms with Gasteiger partial charge in [0, 0.05) is 23.9 Å². The number of anilines is 1. The number of hydrogen-bond donors (Lipinski definition) is 2. The van der Waals surface area contributed by atoms with Gasteiger partial charge < -0.3 is 15.4 Å². The average molecular weight is 327 g/mol. The zero-order valence-corrected chi connectivity index (χ0v) is 14.0. The van der Waals surface area contributed by atoms with Gasteiger partial charge in [-0.05, 0) is 56.1 Å². The Hall–Kier alpha value is -0.840. The molecule has 0 heterocycles. The average Bonchev–Trinajstić information content (AvgIpc) is 2.96. The Morgan fingerprint density at radius 2 is 2.14 bits per heavy atom. The maximum absolute atomic E-state index is 6.08. The van der Waals surface area contributed by atoms with Gasteiger partial charge in [-0.2, -0.15) is 0 Å². The molecule has 1 aliphatic carbocycles. The molecule has 1 saturated carbocycles. The van der Waals surface area contributed by atoms with Crippen LogP contribution in [0.25, 0.3) is 0 Å². The van der Waals surface area contributed by atoms with Gasteiger partial charge in [-0.25, -0.2) is 0 Å². The molecular weight excluding hydrogens is 304 g/mol. The molecule has 1 aromatic rings. The Labute approximate surface area is 137 Å². The summed E-state index contributed by atoms with van der Waals surface area (Å²) in [6, 6.07) is 5.83. The monoisotopic (exact) mass is 326 g/mol. The SMILES string of the molecule is Cc1ccc(NC(=S)NCCCOC2CCCC2)cc1Cl. The lowest BCUT2D eigenvalue weighted by atomic mass is 10.2. The Balaban J connectivity index is 1.59. The first-order chi connectivity index (χ1) is 10.1. The Morgan fingerprint density at radius 1 is 1.38 bits per heavy atom. The number of ether oxygens (including phenoxy) is 1. The second-order valence-electron chi connectivity index (χ2n) is 5.48. The van der Waals surface area contributed by atoms with Gasteiger partial charge in [0.1, 0.15) is 0 Å². The summed E-state index contributed by atoms with van der Waals surface area (Å²) >= 11 is 11.3. The Kier molecular flexibility index (Phi) is 6.74. The predicted octanol–water partition coefficient (Wildman–Crippen LogP) is 4.28. The van der Waals surface area contributed by atoms with E-state index in [0.717, 1.165) is 35.8 Å². The predicted molar refractivity (Wildman–Crippen MR) is 93.2 cm³/mol. The largest absolute Gasteiger partial charge is 0.378 e. The zero-order chi connectivity index (χ0) is 15.1. The maximum atomic E-state index is 6.08. The maximum Gasteiger partial charge on any atom is 0.170 e.